The molecule has 1 unspecified atom stereocenters. The first-order valence-electron chi connectivity index (χ1n) is 6.26. The van der Waals surface area contributed by atoms with Gasteiger partial charge in [0.1, 0.15) is 0 Å². The van der Waals surface area contributed by atoms with E-state index in [1.54, 1.807) is 0 Å². The van der Waals surface area contributed by atoms with Gasteiger partial charge in [-0.05, 0) is 30.4 Å². The standard InChI is InChI=1S/C15H24O/c1-5-10-15(4,16)11-13-6-8-14(9-7-13)12(2)3/h6-9,12,16H,5,10-11H2,1-4H3. The van der Waals surface area contributed by atoms with Crippen LogP contribution in [-0.4, -0.2) is 10.7 Å². The topological polar surface area (TPSA) is 20.2 Å². The number of aliphatic hydroxyl groups is 1. The average Bonchev–Trinajstić information content (AvgIpc) is 2.17. The van der Waals surface area contributed by atoms with Crippen molar-refractivity contribution in [2.24, 2.45) is 0 Å². The van der Waals surface area contributed by atoms with Crippen molar-refractivity contribution in [2.45, 2.75) is 58.5 Å². The summed E-state index contributed by atoms with van der Waals surface area (Å²) in [5.74, 6) is 0.574. The minimum atomic E-state index is -0.561. The molecule has 0 aromatic heterocycles. The molecule has 0 aliphatic rings. The first-order chi connectivity index (χ1) is 7.44. The number of rotatable bonds is 5. The molecule has 16 heavy (non-hydrogen) atoms. The Labute approximate surface area is 99.5 Å². The van der Waals surface area contributed by atoms with E-state index in [2.05, 4.69) is 45.0 Å². The lowest BCUT2D eigenvalue weighted by Crippen LogP contribution is -2.26. The van der Waals surface area contributed by atoms with Crippen molar-refractivity contribution in [1.82, 2.24) is 0 Å². The predicted molar refractivity (Wildman–Crippen MR) is 69.8 cm³/mol. The largest absolute Gasteiger partial charge is 0.390 e. The van der Waals surface area contributed by atoms with Crippen LogP contribution in [0.2, 0.25) is 0 Å². The molecule has 0 radical (unpaired) electrons. The fourth-order valence-electron chi connectivity index (χ4n) is 2.09. The van der Waals surface area contributed by atoms with Gasteiger partial charge in [-0.15, -0.1) is 0 Å². The Morgan fingerprint density at radius 1 is 1.19 bits per heavy atom. The van der Waals surface area contributed by atoms with Crippen LogP contribution in [0.4, 0.5) is 0 Å². The van der Waals surface area contributed by atoms with Crippen molar-refractivity contribution in [1.29, 1.82) is 0 Å². The second kappa shape index (κ2) is 5.49. The minimum absolute atomic E-state index is 0.561. The second-order valence-electron chi connectivity index (χ2n) is 5.32. The van der Waals surface area contributed by atoms with Crippen molar-refractivity contribution < 1.29 is 5.11 Å². The fraction of sp³-hybridized carbons (Fsp3) is 0.600. The molecule has 1 aromatic rings. The summed E-state index contributed by atoms with van der Waals surface area (Å²) in [6.45, 7) is 8.42. The Bertz CT molecular complexity index is 309. The Kier molecular flexibility index (Phi) is 4.55. The van der Waals surface area contributed by atoms with Crippen LogP contribution in [-0.2, 0) is 6.42 Å². The van der Waals surface area contributed by atoms with Crippen LogP contribution in [0.3, 0.4) is 0 Å². The zero-order chi connectivity index (χ0) is 12.2. The summed E-state index contributed by atoms with van der Waals surface area (Å²) in [7, 11) is 0. The molecule has 1 rings (SSSR count). The summed E-state index contributed by atoms with van der Waals surface area (Å²) in [6.07, 6.45) is 2.63. The molecule has 0 bridgehead atoms. The average molecular weight is 220 g/mol. The van der Waals surface area contributed by atoms with Gasteiger partial charge in [0, 0.05) is 6.42 Å². The van der Waals surface area contributed by atoms with Crippen LogP contribution in [0.1, 0.15) is 57.6 Å². The minimum Gasteiger partial charge on any atom is -0.390 e. The highest BCUT2D eigenvalue weighted by Crippen LogP contribution is 2.20. The number of hydrogen-bond acceptors (Lipinski definition) is 1. The maximum atomic E-state index is 10.1. The highest BCUT2D eigenvalue weighted by Gasteiger charge is 2.19. The van der Waals surface area contributed by atoms with E-state index in [0.717, 1.165) is 19.3 Å². The highest BCUT2D eigenvalue weighted by atomic mass is 16.3. The van der Waals surface area contributed by atoms with Gasteiger partial charge in [0.05, 0.1) is 5.60 Å². The van der Waals surface area contributed by atoms with Crippen LogP contribution in [0, 0.1) is 0 Å². The third kappa shape index (κ3) is 3.97. The molecule has 0 saturated heterocycles. The van der Waals surface area contributed by atoms with Gasteiger partial charge in [-0.2, -0.15) is 0 Å². The van der Waals surface area contributed by atoms with Gasteiger partial charge in [0.2, 0.25) is 0 Å². The molecule has 1 heteroatoms. The lowest BCUT2D eigenvalue weighted by atomic mass is 9.91. The van der Waals surface area contributed by atoms with Gasteiger partial charge in [-0.1, -0.05) is 51.5 Å². The van der Waals surface area contributed by atoms with Crippen LogP contribution < -0.4 is 0 Å². The third-order valence-electron chi connectivity index (χ3n) is 3.02. The SMILES string of the molecule is CCCC(C)(O)Cc1ccc(C(C)C)cc1. The maximum Gasteiger partial charge on any atom is 0.0659 e. The van der Waals surface area contributed by atoms with E-state index < -0.39 is 5.60 Å². The molecule has 1 atom stereocenters. The molecule has 0 spiro atoms. The molecule has 0 amide bonds. The second-order valence-corrected chi connectivity index (χ2v) is 5.32. The summed E-state index contributed by atoms with van der Waals surface area (Å²) in [4.78, 5) is 0. The first-order valence-corrected chi connectivity index (χ1v) is 6.26. The summed E-state index contributed by atoms with van der Waals surface area (Å²) in [5.41, 5.74) is 2.02. The Morgan fingerprint density at radius 3 is 2.19 bits per heavy atom. The van der Waals surface area contributed by atoms with E-state index in [-0.39, 0.29) is 0 Å². The summed E-state index contributed by atoms with van der Waals surface area (Å²) < 4.78 is 0. The normalized spacial score (nSPS) is 15.1. The van der Waals surface area contributed by atoms with Gasteiger partial charge in [-0.25, -0.2) is 0 Å². The molecule has 1 aromatic carbocycles. The number of benzene rings is 1. The first kappa shape index (κ1) is 13.2. The van der Waals surface area contributed by atoms with Crippen molar-refractivity contribution in [3.63, 3.8) is 0 Å². The number of hydrogen-bond donors (Lipinski definition) is 1. The van der Waals surface area contributed by atoms with Crippen LogP contribution >= 0.6 is 0 Å². The van der Waals surface area contributed by atoms with Crippen molar-refractivity contribution in [3.8, 4) is 0 Å². The van der Waals surface area contributed by atoms with E-state index in [0.29, 0.717) is 5.92 Å². The zero-order valence-electron chi connectivity index (χ0n) is 11.0. The van der Waals surface area contributed by atoms with Crippen LogP contribution in [0.5, 0.6) is 0 Å². The molecule has 1 nitrogen and oxygen atoms in total. The molecule has 0 aliphatic carbocycles. The molecule has 0 heterocycles. The van der Waals surface area contributed by atoms with E-state index in [1.807, 2.05) is 6.92 Å². The molecular formula is C15H24O. The summed E-state index contributed by atoms with van der Waals surface area (Å²) in [5, 5.41) is 10.1. The smallest absolute Gasteiger partial charge is 0.0659 e. The van der Waals surface area contributed by atoms with Crippen LogP contribution in [0.25, 0.3) is 0 Å². The van der Waals surface area contributed by atoms with E-state index in [9.17, 15) is 5.11 Å². The Balaban J connectivity index is 2.68. The van der Waals surface area contributed by atoms with Gasteiger partial charge in [-0.3, -0.25) is 0 Å². The van der Waals surface area contributed by atoms with E-state index in [4.69, 9.17) is 0 Å². The Morgan fingerprint density at radius 2 is 1.75 bits per heavy atom. The third-order valence-corrected chi connectivity index (χ3v) is 3.02. The summed E-state index contributed by atoms with van der Waals surface area (Å²) in [6, 6.07) is 8.61. The molecule has 0 saturated carbocycles. The molecule has 0 aliphatic heterocycles. The highest BCUT2D eigenvalue weighted by molar-refractivity contribution is 5.25. The summed E-state index contributed by atoms with van der Waals surface area (Å²) >= 11 is 0. The monoisotopic (exact) mass is 220 g/mol. The fourth-order valence-corrected chi connectivity index (χ4v) is 2.09. The lowest BCUT2D eigenvalue weighted by molar-refractivity contribution is 0.0505. The molecule has 90 valence electrons. The van der Waals surface area contributed by atoms with Gasteiger partial charge in [0.15, 0.2) is 0 Å². The quantitative estimate of drug-likeness (QED) is 0.798. The lowest BCUT2D eigenvalue weighted by Gasteiger charge is -2.22. The van der Waals surface area contributed by atoms with Crippen molar-refractivity contribution >= 4 is 0 Å². The zero-order valence-corrected chi connectivity index (χ0v) is 11.0. The van der Waals surface area contributed by atoms with E-state index in [1.165, 1.54) is 11.1 Å². The van der Waals surface area contributed by atoms with Crippen molar-refractivity contribution in [2.75, 3.05) is 0 Å². The van der Waals surface area contributed by atoms with Gasteiger partial charge >= 0.3 is 0 Å². The maximum absolute atomic E-state index is 10.1. The van der Waals surface area contributed by atoms with Gasteiger partial charge < -0.3 is 5.11 Å². The predicted octanol–water partition coefficient (Wildman–Crippen LogP) is 3.90. The Hall–Kier alpha value is -0.820. The molecule has 0 fully saturated rings. The van der Waals surface area contributed by atoms with Crippen molar-refractivity contribution in [3.05, 3.63) is 35.4 Å². The molecular weight excluding hydrogens is 196 g/mol. The molecule has 1 N–H and O–H groups in total. The van der Waals surface area contributed by atoms with Gasteiger partial charge in [0.25, 0.3) is 0 Å². The van der Waals surface area contributed by atoms with E-state index >= 15 is 0 Å². The van der Waals surface area contributed by atoms with Crippen LogP contribution in [0.15, 0.2) is 24.3 Å².